The van der Waals surface area contributed by atoms with Gasteiger partial charge in [0.2, 0.25) is 0 Å². The molecule has 0 aliphatic rings. The van der Waals surface area contributed by atoms with Gasteiger partial charge in [0, 0.05) is 17.1 Å². The van der Waals surface area contributed by atoms with E-state index in [1.807, 2.05) is 32.2 Å². The van der Waals surface area contributed by atoms with Gasteiger partial charge in [-0.3, -0.25) is 4.68 Å². The Morgan fingerprint density at radius 2 is 2.20 bits per heavy atom. The maximum atomic E-state index is 9.77. The van der Waals surface area contributed by atoms with Crippen molar-refractivity contribution < 1.29 is 9.84 Å². The largest absolute Gasteiger partial charge is 0.487 e. The summed E-state index contributed by atoms with van der Waals surface area (Å²) in [6, 6.07) is 5.54. The Hall–Kier alpha value is -1.04. The number of rotatable bonds is 4. The first kappa shape index (κ1) is 15.4. The molecule has 0 radical (unpaired) electrons. The standard InChI is InChI=1S/C14H16BrClN2O2/c1-8-14(16)12(18(3)17-8)7-20-13-6-10(15)4-5-11(13)9(2)19/h4-6,9,19H,7H2,1-3H3. The van der Waals surface area contributed by atoms with Crippen LogP contribution in [0, 0.1) is 6.92 Å². The Labute approximate surface area is 131 Å². The van der Waals surface area contributed by atoms with Crippen molar-refractivity contribution in [3.8, 4) is 5.75 Å². The monoisotopic (exact) mass is 358 g/mol. The number of nitrogens with zero attached hydrogens (tertiary/aromatic N) is 2. The first-order valence-corrected chi connectivity index (χ1v) is 7.35. The number of aryl methyl sites for hydroxylation is 2. The second-order valence-electron chi connectivity index (χ2n) is 4.62. The lowest BCUT2D eigenvalue weighted by Crippen LogP contribution is -2.05. The molecule has 0 aliphatic heterocycles. The highest BCUT2D eigenvalue weighted by Gasteiger charge is 2.14. The van der Waals surface area contributed by atoms with E-state index in [1.165, 1.54) is 0 Å². The van der Waals surface area contributed by atoms with Crippen LogP contribution in [0.3, 0.4) is 0 Å². The smallest absolute Gasteiger partial charge is 0.131 e. The number of aliphatic hydroxyl groups is 1. The van der Waals surface area contributed by atoms with Crippen LogP contribution in [0.5, 0.6) is 5.75 Å². The maximum Gasteiger partial charge on any atom is 0.131 e. The highest BCUT2D eigenvalue weighted by Crippen LogP contribution is 2.30. The highest BCUT2D eigenvalue weighted by atomic mass is 79.9. The molecule has 2 aromatic rings. The van der Waals surface area contributed by atoms with E-state index in [2.05, 4.69) is 21.0 Å². The van der Waals surface area contributed by atoms with Crippen LogP contribution in [0.15, 0.2) is 22.7 Å². The van der Waals surface area contributed by atoms with Gasteiger partial charge < -0.3 is 9.84 Å². The minimum Gasteiger partial charge on any atom is -0.487 e. The number of hydrogen-bond donors (Lipinski definition) is 1. The van der Waals surface area contributed by atoms with Crippen LogP contribution in [0.25, 0.3) is 0 Å². The summed E-state index contributed by atoms with van der Waals surface area (Å²) in [6.07, 6.45) is -0.596. The highest BCUT2D eigenvalue weighted by molar-refractivity contribution is 9.10. The van der Waals surface area contributed by atoms with E-state index in [0.29, 0.717) is 17.4 Å². The van der Waals surface area contributed by atoms with E-state index in [4.69, 9.17) is 16.3 Å². The minimum absolute atomic E-state index is 0.298. The predicted octanol–water partition coefficient (Wildman–Crippen LogP) is 3.78. The van der Waals surface area contributed by atoms with Gasteiger partial charge in [0.1, 0.15) is 12.4 Å². The fraction of sp³-hybridized carbons (Fsp3) is 0.357. The van der Waals surface area contributed by atoms with Crippen molar-refractivity contribution in [1.29, 1.82) is 0 Å². The summed E-state index contributed by atoms with van der Waals surface area (Å²) in [5, 5.41) is 14.6. The van der Waals surface area contributed by atoms with Gasteiger partial charge in [-0.05, 0) is 26.0 Å². The van der Waals surface area contributed by atoms with E-state index in [-0.39, 0.29) is 0 Å². The Kier molecular flexibility index (Phi) is 4.73. The zero-order valence-corrected chi connectivity index (χ0v) is 13.9. The van der Waals surface area contributed by atoms with Crippen molar-refractivity contribution in [2.24, 2.45) is 7.05 Å². The number of aliphatic hydroxyl groups excluding tert-OH is 1. The summed E-state index contributed by atoms with van der Waals surface area (Å²) in [6.45, 7) is 3.86. The van der Waals surface area contributed by atoms with Gasteiger partial charge in [0.05, 0.1) is 22.5 Å². The molecular weight excluding hydrogens is 344 g/mol. The maximum absolute atomic E-state index is 9.77. The second kappa shape index (κ2) is 6.16. The molecule has 2 rings (SSSR count). The third-order valence-electron chi connectivity index (χ3n) is 3.05. The van der Waals surface area contributed by atoms with Crippen LogP contribution in [0.4, 0.5) is 0 Å². The summed E-state index contributed by atoms with van der Waals surface area (Å²) in [5.41, 5.74) is 2.32. The third kappa shape index (κ3) is 3.16. The minimum atomic E-state index is -0.596. The first-order valence-electron chi connectivity index (χ1n) is 6.18. The van der Waals surface area contributed by atoms with Gasteiger partial charge in [-0.1, -0.05) is 33.6 Å². The molecule has 4 nitrogen and oxygen atoms in total. The van der Waals surface area contributed by atoms with Crippen LogP contribution >= 0.6 is 27.5 Å². The van der Waals surface area contributed by atoms with E-state index in [9.17, 15) is 5.11 Å². The second-order valence-corrected chi connectivity index (χ2v) is 5.91. The molecule has 0 spiro atoms. The van der Waals surface area contributed by atoms with Crippen LogP contribution < -0.4 is 4.74 Å². The molecule has 20 heavy (non-hydrogen) atoms. The predicted molar refractivity (Wildman–Crippen MR) is 82.1 cm³/mol. The summed E-state index contributed by atoms with van der Waals surface area (Å²) in [5.74, 6) is 0.629. The van der Waals surface area contributed by atoms with Gasteiger partial charge in [-0.15, -0.1) is 0 Å². The molecule has 0 bridgehead atoms. The molecule has 1 atom stereocenters. The number of benzene rings is 1. The first-order chi connectivity index (χ1) is 9.40. The summed E-state index contributed by atoms with van der Waals surface area (Å²) in [7, 11) is 1.83. The van der Waals surface area contributed by atoms with E-state index >= 15 is 0 Å². The van der Waals surface area contributed by atoms with Crippen molar-refractivity contribution in [3.05, 3.63) is 44.6 Å². The molecule has 0 fully saturated rings. The number of hydrogen-bond acceptors (Lipinski definition) is 3. The molecule has 0 saturated carbocycles. The number of halogens is 2. The lowest BCUT2D eigenvalue weighted by Gasteiger charge is -2.14. The molecular formula is C14H16BrClN2O2. The van der Waals surface area contributed by atoms with Gasteiger partial charge in [-0.25, -0.2) is 0 Å². The molecule has 1 aromatic heterocycles. The van der Waals surface area contributed by atoms with Crippen LogP contribution in [-0.2, 0) is 13.7 Å². The molecule has 1 unspecified atom stereocenters. The lowest BCUT2D eigenvalue weighted by atomic mass is 10.1. The van der Waals surface area contributed by atoms with Crippen molar-refractivity contribution in [1.82, 2.24) is 9.78 Å². The van der Waals surface area contributed by atoms with Crippen molar-refractivity contribution in [2.45, 2.75) is 26.6 Å². The average Bonchev–Trinajstić information content (AvgIpc) is 2.61. The SMILES string of the molecule is Cc1nn(C)c(COc2cc(Br)ccc2C(C)O)c1Cl. The van der Waals surface area contributed by atoms with Crippen molar-refractivity contribution in [3.63, 3.8) is 0 Å². The summed E-state index contributed by atoms with van der Waals surface area (Å²) >= 11 is 9.59. The van der Waals surface area contributed by atoms with Gasteiger partial charge in [0.25, 0.3) is 0 Å². The molecule has 1 N–H and O–H groups in total. The fourth-order valence-electron chi connectivity index (χ4n) is 1.96. The molecule has 0 saturated heterocycles. The Balaban J connectivity index is 2.24. The van der Waals surface area contributed by atoms with Crippen LogP contribution in [0.1, 0.15) is 30.0 Å². The normalized spacial score (nSPS) is 12.5. The molecule has 108 valence electrons. The molecule has 6 heteroatoms. The fourth-order valence-corrected chi connectivity index (χ4v) is 2.52. The van der Waals surface area contributed by atoms with Gasteiger partial charge >= 0.3 is 0 Å². The summed E-state index contributed by atoms with van der Waals surface area (Å²) < 4.78 is 8.40. The van der Waals surface area contributed by atoms with Crippen molar-refractivity contribution >= 4 is 27.5 Å². The topological polar surface area (TPSA) is 47.3 Å². The molecule has 0 aliphatic carbocycles. The molecule has 0 amide bonds. The Morgan fingerprint density at radius 3 is 2.75 bits per heavy atom. The van der Waals surface area contributed by atoms with Gasteiger partial charge in [0.15, 0.2) is 0 Å². The Bertz CT molecular complexity index is 626. The lowest BCUT2D eigenvalue weighted by molar-refractivity contribution is 0.189. The van der Waals surface area contributed by atoms with Gasteiger partial charge in [-0.2, -0.15) is 5.10 Å². The average molecular weight is 360 g/mol. The number of aromatic nitrogens is 2. The quantitative estimate of drug-likeness (QED) is 0.904. The molecule has 1 heterocycles. The zero-order valence-electron chi connectivity index (χ0n) is 11.5. The Morgan fingerprint density at radius 1 is 1.50 bits per heavy atom. The zero-order chi connectivity index (χ0) is 14.9. The third-order valence-corrected chi connectivity index (χ3v) is 4.04. The van der Waals surface area contributed by atoms with E-state index < -0.39 is 6.10 Å². The number of ether oxygens (including phenoxy) is 1. The van der Waals surface area contributed by atoms with E-state index in [1.54, 1.807) is 11.6 Å². The van der Waals surface area contributed by atoms with Crippen LogP contribution in [0.2, 0.25) is 5.02 Å². The summed E-state index contributed by atoms with van der Waals surface area (Å²) in [4.78, 5) is 0. The van der Waals surface area contributed by atoms with Crippen molar-refractivity contribution in [2.75, 3.05) is 0 Å². The molecule has 1 aromatic carbocycles. The van der Waals surface area contributed by atoms with E-state index in [0.717, 1.165) is 21.4 Å². The van der Waals surface area contributed by atoms with Crippen LogP contribution in [-0.4, -0.2) is 14.9 Å².